The normalized spacial score (nSPS) is 13.5. The van der Waals surface area contributed by atoms with Gasteiger partial charge in [-0.2, -0.15) is 10.1 Å². The smallest absolute Gasteiger partial charge is 0.459 e. The fourth-order valence-corrected chi connectivity index (χ4v) is 4.99. The topological polar surface area (TPSA) is 162 Å². The zero-order valence-corrected chi connectivity index (χ0v) is 24.1. The highest BCUT2D eigenvalue weighted by Crippen LogP contribution is 2.44. The third kappa shape index (κ3) is 9.30. The van der Waals surface area contributed by atoms with Crippen LogP contribution in [0, 0.1) is 5.92 Å². The van der Waals surface area contributed by atoms with Gasteiger partial charge >= 0.3 is 13.7 Å². The first-order chi connectivity index (χ1) is 19.3. The van der Waals surface area contributed by atoms with Crippen LogP contribution in [0.15, 0.2) is 49.1 Å². The number of carbonyl (C=O) groups is 1. The summed E-state index contributed by atoms with van der Waals surface area (Å²) in [5.41, 5.74) is 6.77. The summed E-state index contributed by atoms with van der Waals surface area (Å²) in [6.07, 6.45) is 6.63. The maximum Gasteiger partial charge on any atom is 0.459 e. The highest BCUT2D eigenvalue weighted by Gasteiger charge is 2.32. The third-order valence-corrected chi connectivity index (χ3v) is 7.57. The Labute approximate surface area is 234 Å². The van der Waals surface area contributed by atoms with Crippen LogP contribution >= 0.6 is 7.75 Å². The van der Waals surface area contributed by atoms with E-state index in [-0.39, 0.29) is 31.8 Å². The van der Waals surface area contributed by atoms with E-state index in [0.29, 0.717) is 29.5 Å². The molecule has 13 nitrogen and oxygen atoms in total. The lowest BCUT2D eigenvalue weighted by Gasteiger charge is -2.23. The van der Waals surface area contributed by atoms with Gasteiger partial charge in [-0.3, -0.25) is 9.32 Å². The van der Waals surface area contributed by atoms with Gasteiger partial charge < -0.3 is 29.0 Å². The van der Waals surface area contributed by atoms with Gasteiger partial charge in [-0.05, 0) is 25.0 Å². The van der Waals surface area contributed by atoms with Crippen molar-refractivity contribution in [2.24, 2.45) is 5.92 Å². The van der Waals surface area contributed by atoms with Crippen LogP contribution in [0.4, 0.5) is 5.95 Å². The minimum Gasteiger partial charge on any atom is -0.480 e. The average Bonchev–Trinajstić information content (AvgIpc) is 3.42. The zero-order chi connectivity index (χ0) is 29.0. The quantitative estimate of drug-likeness (QED) is 0.135. The Kier molecular flexibility index (Phi) is 11.9. The number of rotatable bonds is 17. The molecule has 14 heteroatoms. The van der Waals surface area contributed by atoms with Crippen molar-refractivity contribution in [3.63, 3.8) is 0 Å². The molecule has 0 aliphatic rings. The van der Waals surface area contributed by atoms with Crippen LogP contribution in [0.2, 0.25) is 0 Å². The molecule has 3 aromatic rings. The van der Waals surface area contributed by atoms with Crippen LogP contribution in [0.5, 0.6) is 11.6 Å². The second-order valence-electron chi connectivity index (χ2n) is 8.86. The number of methoxy groups -OCH3 is 1. The first-order valence-electron chi connectivity index (χ1n) is 13.0. The van der Waals surface area contributed by atoms with Crippen molar-refractivity contribution in [1.82, 2.24) is 24.6 Å². The Bertz CT molecular complexity index is 1260. The predicted octanol–water partition coefficient (Wildman–Crippen LogP) is 4.07. The number of anilines is 1. The van der Waals surface area contributed by atoms with E-state index in [9.17, 15) is 9.36 Å². The average molecular weight is 577 g/mol. The van der Waals surface area contributed by atoms with Crippen molar-refractivity contribution in [1.29, 1.82) is 0 Å². The molecule has 2 heterocycles. The van der Waals surface area contributed by atoms with E-state index in [4.69, 9.17) is 29.0 Å². The lowest BCUT2D eigenvalue weighted by molar-refractivity contribution is -0.146. The van der Waals surface area contributed by atoms with E-state index < -0.39 is 19.8 Å². The molecule has 0 saturated heterocycles. The lowest BCUT2D eigenvalue weighted by Crippen LogP contribution is -2.36. The van der Waals surface area contributed by atoms with Crippen LogP contribution in [0.1, 0.15) is 33.6 Å². The van der Waals surface area contributed by atoms with Crippen LogP contribution < -0.4 is 20.1 Å². The van der Waals surface area contributed by atoms with E-state index in [1.165, 1.54) is 13.3 Å². The maximum atomic E-state index is 13.6. The second kappa shape index (κ2) is 15.3. The molecule has 0 amide bonds. The van der Waals surface area contributed by atoms with Crippen LogP contribution in [-0.2, 0) is 30.1 Å². The van der Waals surface area contributed by atoms with E-state index in [0.717, 1.165) is 12.8 Å². The Morgan fingerprint density at radius 3 is 2.60 bits per heavy atom. The summed E-state index contributed by atoms with van der Waals surface area (Å²) in [7, 11) is -2.48. The fraction of sp³-hybridized carbons (Fsp3) is 0.462. The SMILES string of the molecule is CCC(CC)COC(=O)C(C)NP(=O)(OCCOCn1cnc(-c2cnc(N)nc2OC)c1)Oc1ccccc1. The summed E-state index contributed by atoms with van der Waals surface area (Å²) in [4.78, 5) is 24.9. The number of esters is 1. The van der Waals surface area contributed by atoms with Gasteiger partial charge in [-0.1, -0.05) is 44.9 Å². The molecule has 40 heavy (non-hydrogen) atoms. The number of ether oxygens (including phenoxy) is 3. The summed E-state index contributed by atoms with van der Waals surface area (Å²) in [5, 5.41) is 2.68. The van der Waals surface area contributed by atoms with E-state index >= 15 is 0 Å². The molecule has 2 aromatic heterocycles. The molecule has 0 fully saturated rings. The number of nitrogen functional groups attached to an aromatic ring is 1. The Hall–Kier alpha value is -3.51. The molecule has 0 saturated carbocycles. The van der Waals surface area contributed by atoms with Gasteiger partial charge in [0.15, 0.2) is 0 Å². The molecule has 1 aromatic carbocycles. The van der Waals surface area contributed by atoms with E-state index in [1.54, 1.807) is 54.3 Å². The molecule has 2 atom stereocenters. The molecule has 0 aliphatic heterocycles. The van der Waals surface area contributed by atoms with Crippen LogP contribution in [0.3, 0.4) is 0 Å². The summed E-state index contributed by atoms with van der Waals surface area (Å²) < 4.78 is 42.8. The van der Waals surface area contributed by atoms with Crippen molar-refractivity contribution in [3.8, 4) is 22.9 Å². The first-order valence-corrected chi connectivity index (χ1v) is 14.5. The van der Waals surface area contributed by atoms with Crippen LogP contribution in [0.25, 0.3) is 11.3 Å². The second-order valence-corrected chi connectivity index (χ2v) is 10.6. The van der Waals surface area contributed by atoms with Crippen molar-refractivity contribution < 1.29 is 32.6 Å². The molecule has 218 valence electrons. The van der Waals surface area contributed by atoms with E-state index in [2.05, 4.69) is 20.0 Å². The number of carbonyl (C=O) groups excluding carboxylic acids is 1. The van der Waals surface area contributed by atoms with Gasteiger partial charge in [0.05, 0.1) is 44.5 Å². The first kappa shape index (κ1) is 31.0. The number of aromatic nitrogens is 4. The lowest BCUT2D eigenvalue weighted by atomic mass is 10.1. The molecule has 2 unspecified atom stereocenters. The van der Waals surface area contributed by atoms with Crippen molar-refractivity contribution in [3.05, 3.63) is 49.1 Å². The molecule has 3 N–H and O–H groups in total. The molecule has 0 radical (unpaired) electrons. The summed E-state index contributed by atoms with van der Waals surface area (Å²) in [6, 6.07) is 7.63. The zero-order valence-electron chi connectivity index (χ0n) is 23.2. The molecule has 0 aliphatic carbocycles. The van der Waals surface area contributed by atoms with Crippen LogP contribution in [-0.4, -0.2) is 58.5 Å². The highest BCUT2D eigenvalue weighted by molar-refractivity contribution is 7.52. The van der Waals surface area contributed by atoms with Gasteiger partial charge in [-0.25, -0.2) is 14.5 Å². The van der Waals surface area contributed by atoms with Gasteiger partial charge in [0.1, 0.15) is 18.5 Å². The molecular formula is C26H37N6O7P. The highest BCUT2D eigenvalue weighted by atomic mass is 31.2. The molecular weight excluding hydrogens is 539 g/mol. The third-order valence-electron chi connectivity index (χ3n) is 5.89. The standard InChI is InChI=1S/C26H37N6O7P/c1-5-20(6-2)16-37-25(33)19(3)31-40(34,39-21-10-8-7-9-11-21)38-13-12-36-18-32-15-23(29-17-32)22-14-28-26(27)30-24(22)35-4/h7-11,14-15,17,19-20H,5-6,12-13,16,18H2,1-4H3,(H,31,34)(H2,27,28,30). The fourth-order valence-electron chi connectivity index (χ4n) is 3.52. The van der Waals surface area contributed by atoms with Crippen molar-refractivity contribution in [2.45, 2.75) is 46.4 Å². The number of para-hydroxylation sites is 1. The Morgan fingerprint density at radius 1 is 1.15 bits per heavy atom. The number of benzene rings is 1. The molecule has 0 bridgehead atoms. The maximum absolute atomic E-state index is 13.6. The monoisotopic (exact) mass is 576 g/mol. The number of hydrogen-bond donors (Lipinski definition) is 2. The number of imidazole rings is 1. The Balaban J connectivity index is 1.54. The Morgan fingerprint density at radius 2 is 1.90 bits per heavy atom. The van der Waals surface area contributed by atoms with Gasteiger partial charge in [0, 0.05) is 12.4 Å². The predicted molar refractivity (Wildman–Crippen MR) is 148 cm³/mol. The summed E-state index contributed by atoms with van der Waals surface area (Å²) in [6.45, 7) is 6.08. The van der Waals surface area contributed by atoms with Gasteiger partial charge in [0.2, 0.25) is 11.8 Å². The minimum absolute atomic E-state index is 0.0756. The number of nitrogens with zero attached hydrogens (tertiary/aromatic N) is 4. The number of hydrogen-bond acceptors (Lipinski definition) is 11. The van der Waals surface area contributed by atoms with Crippen molar-refractivity contribution in [2.75, 3.05) is 32.7 Å². The van der Waals surface area contributed by atoms with Gasteiger partial charge in [0.25, 0.3) is 0 Å². The number of nitrogens with two attached hydrogens (primary N) is 1. The van der Waals surface area contributed by atoms with Crippen molar-refractivity contribution >= 4 is 19.7 Å². The molecule has 0 spiro atoms. The van der Waals surface area contributed by atoms with E-state index in [1.807, 2.05) is 13.8 Å². The summed E-state index contributed by atoms with van der Waals surface area (Å²) in [5.74, 6) is 0.458. The minimum atomic E-state index is -3.96. The number of nitrogens with one attached hydrogen (secondary N) is 1. The largest absolute Gasteiger partial charge is 0.480 e. The molecule has 3 rings (SSSR count). The van der Waals surface area contributed by atoms with Gasteiger partial charge in [-0.15, -0.1) is 0 Å². The summed E-state index contributed by atoms with van der Waals surface area (Å²) >= 11 is 0.